The van der Waals surface area contributed by atoms with E-state index in [0.29, 0.717) is 31.2 Å². The first-order valence-electron chi connectivity index (χ1n) is 8.68. The Kier molecular flexibility index (Phi) is 5.99. The molecule has 0 saturated carbocycles. The van der Waals surface area contributed by atoms with Crippen molar-refractivity contribution in [1.29, 1.82) is 0 Å². The molecule has 0 atom stereocenters. The molecule has 0 spiro atoms. The molecular formula is C19H19ClFN3O4. The molecule has 0 unspecified atom stereocenters. The lowest BCUT2D eigenvalue weighted by molar-refractivity contribution is -0.384. The fourth-order valence-corrected chi connectivity index (χ4v) is 3.30. The molecule has 0 bridgehead atoms. The maximum atomic E-state index is 13.8. The van der Waals surface area contributed by atoms with Crippen LogP contribution >= 0.6 is 11.6 Å². The Morgan fingerprint density at radius 2 is 1.86 bits per heavy atom. The zero-order chi connectivity index (χ0) is 20.3. The highest BCUT2D eigenvalue weighted by molar-refractivity contribution is 6.30. The van der Waals surface area contributed by atoms with Gasteiger partial charge in [0.05, 0.1) is 24.5 Å². The number of methoxy groups -OCH3 is 1. The third-order valence-corrected chi connectivity index (χ3v) is 4.94. The topological polar surface area (TPSA) is 75.9 Å². The first kappa shape index (κ1) is 19.9. The zero-order valence-corrected chi connectivity index (χ0v) is 16.0. The number of halogens is 2. The van der Waals surface area contributed by atoms with E-state index in [4.69, 9.17) is 16.3 Å². The van der Waals surface area contributed by atoms with Gasteiger partial charge in [-0.15, -0.1) is 0 Å². The van der Waals surface area contributed by atoms with Crippen molar-refractivity contribution in [2.24, 2.45) is 0 Å². The van der Waals surface area contributed by atoms with Crippen molar-refractivity contribution in [2.75, 3.05) is 38.2 Å². The van der Waals surface area contributed by atoms with E-state index < -0.39 is 10.7 Å². The molecule has 1 heterocycles. The van der Waals surface area contributed by atoms with Crippen LogP contribution in [0.15, 0.2) is 36.4 Å². The molecule has 1 amide bonds. The summed E-state index contributed by atoms with van der Waals surface area (Å²) in [5.74, 6) is -0.857. The van der Waals surface area contributed by atoms with Gasteiger partial charge in [-0.3, -0.25) is 14.9 Å². The number of hydrogen-bond acceptors (Lipinski definition) is 5. The molecule has 3 rings (SSSR count). The number of piperazine rings is 1. The van der Waals surface area contributed by atoms with Crippen LogP contribution in [-0.4, -0.2) is 49.0 Å². The number of nitro benzene ring substituents is 1. The number of benzene rings is 2. The van der Waals surface area contributed by atoms with Gasteiger partial charge < -0.3 is 14.5 Å². The quantitative estimate of drug-likeness (QED) is 0.561. The molecule has 7 nitrogen and oxygen atoms in total. The van der Waals surface area contributed by atoms with Crippen molar-refractivity contribution in [1.82, 2.24) is 4.90 Å². The molecule has 148 valence electrons. The summed E-state index contributed by atoms with van der Waals surface area (Å²) < 4.78 is 18.8. The van der Waals surface area contributed by atoms with Gasteiger partial charge in [0.25, 0.3) is 5.69 Å². The molecule has 2 aromatic rings. The van der Waals surface area contributed by atoms with E-state index in [9.17, 15) is 19.3 Å². The minimum Gasteiger partial charge on any atom is -0.494 e. The molecule has 1 aliphatic rings. The fraction of sp³-hybridized carbons (Fsp3) is 0.316. The first-order chi connectivity index (χ1) is 13.4. The highest BCUT2D eigenvalue weighted by atomic mass is 35.5. The van der Waals surface area contributed by atoms with Crippen LogP contribution < -0.4 is 9.64 Å². The van der Waals surface area contributed by atoms with Crippen LogP contribution in [0.5, 0.6) is 5.75 Å². The molecule has 2 aromatic carbocycles. The van der Waals surface area contributed by atoms with Crippen molar-refractivity contribution < 1.29 is 18.8 Å². The Labute approximate surface area is 166 Å². The lowest BCUT2D eigenvalue weighted by atomic mass is 10.1. The van der Waals surface area contributed by atoms with E-state index in [2.05, 4.69) is 0 Å². The SMILES string of the molecule is COc1cc(N2CCN(C(=O)Cc3ccc(Cl)cc3)CC2)c([N+](=O)[O-])cc1F. The lowest BCUT2D eigenvalue weighted by Gasteiger charge is -2.36. The van der Waals surface area contributed by atoms with Gasteiger partial charge in [0.15, 0.2) is 11.6 Å². The van der Waals surface area contributed by atoms with E-state index >= 15 is 0 Å². The number of amides is 1. The monoisotopic (exact) mass is 407 g/mol. The number of nitrogens with zero attached hydrogens (tertiary/aromatic N) is 3. The first-order valence-corrected chi connectivity index (χ1v) is 9.06. The molecule has 1 aliphatic heterocycles. The van der Waals surface area contributed by atoms with Crippen molar-refractivity contribution in [2.45, 2.75) is 6.42 Å². The maximum Gasteiger partial charge on any atom is 0.295 e. The van der Waals surface area contributed by atoms with Crippen molar-refractivity contribution in [3.63, 3.8) is 0 Å². The number of rotatable bonds is 5. The Morgan fingerprint density at radius 3 is 2.43 bits per heavy atom. The van der Waals surface area contributed by atoms with Gasteiger partial charge in [0, 0.05) is 37.3 Å². The van der Waals surface area contributed by atoms with E-state index in [1.807, 2.05) is 12.1 Å². The Morgan fingerprint density at radius 1 is 1.21 bits per heavy atom. The van der Waals surface area contributed by atoms with Crippen LogP contribution in [0.2, 0.25) is 5.02 Å². The third-order valence-electron chi connectivity index (χ3n) is 4.69. The summed E-state index contributed by atoms with van der Waals surface area (Å²) >= 11 is 5.86. The van der Waals surface area contributed by atoms with E-state index in [-0.39, 0.29) is 29.5 Å². The normalized spacial score (nSPS) is 14.1. The van der Waals surface area contributed by atoms with Gasteiger partial charge in [-0.1, -0.05) is 23.7 Å². The van der Waals surface area contributed by atoms with Gasteiger partial charge in [0.1, 0.15) is 5.69 Å². The Bertz CT molecular complexity index is 883. The van der Waals surface area contributed by atoms with E-state index in [0.717, 1.165) is 11.6 Å². The molecule has 1 saturated heterocycles. The number of nitro groups is 1. The predicted octanol–water partition coefficient (Wildman–Crippen LogP) is 3.29. The standard InChI is InChI=1S/C19H19ClFN3O4/c1-28-18-12-16(17(24(26)27)11-15(18)21)22-6-8-23(9-7-22)19(25)10-13-2-4-14(20)5-3-13/h2-5,11-12H,6-10H2,1H3. The maximum absolute atomic E-state index is 13.8. The van der Waals surface area contributed by atoms with E-state index in [1.54, 1.807) is 21.9 Å². The average molecular weight is 408 g/mol. The van der Waals surface area contributed by atoms with Crippen molar-refractivity contribution in [3.8, 4) is 5.75 Å². The second-order valence-corrected chi connectivity index (χ2v) is 6.84. The smallest absolute Gasteiger partial charge is 0.295 e. The van der Waals surface area contributed by atoms with Crippen molar-refractivity contribution in [3.05, 3.63) is 62.9 Å². The summed E-state index contributed by atoms with van der Waals surface area (Å²) in [6.07, 6.45) is 0.266. The summed E-state index contributed by atoms with van der Waals surface area (Å²) in [5.41, 5.74) is 0.836. The number of carbonyl (C=O) groups is 1. The minimum absolute atomic E-state index is 0.0202. The van der Waals surface area contributed by atoms with E-state index in [1.165, 1.54) is 13.2 Å². The summed E-state index contributed by atoms with van der Waals surface area (Å²) in [5, 5.41) is 11.9. The highest BCUT2D eigenvalue weighted by Gasteiger charge is 2.27. The van der Waals surface area contributed by atoms with Gasteiger partial charge in [-0.05, 0) is 17.7 Å². The van der Waals surface area contributed by atoms with Crippen LogP contribution in [0.4, 0.5) is 15.8 Å². The number of hydrogen-bond donors (Lipinski definition) is 0. The molecule has 0 aromatic heterocycles. The molecule has 9 heteroatoms. The summed E-state index contributed by atoms with van der Waals surface area (Å²) in [6.45, 7) is 1.65. The molecule has 1 fully saturated rings. The van der Waals surface area contributed by atoms with Crippen LogP contribution in [0.25, 0.3) is 0 Å². The lowest BCUT2D eigenvalue weighted by Crippen LogP contribution is -2.49. The van der Waals surface area contributed by atoms with Crippen LogP contribution in [0, 0.1) is 15.9 Å². The number of anilines is 1. The molecule has 28 heavy (non-hydrogen) atoms. The average Bonchev–Trinajstić information content (AvgIpc) is 2.69. The summed E-state index contributed by atoms with van der Waals surface area (Å²) in [6, 6.07) is 9.30. The number of ether oxygens (including phenoxy) is 1. The Hall–Kier alpha value is -2.87. The van der Waals surface area contributed by atoms with Gasteiger partial charge >= 0.3 is 0 Å². The molecule has 0 radical (unpaired) electrons. The molecule has 0 aliphatic carbocycles. The van der Waals surface area contributed by atoms with Crippen LogP contribution in [-0.2, 0) is 11.2 Å². The second-order valence-electron chi connectivity index (χ2n) is 6.40. The van der Waals surface area contributed by atoms with Gasteiger partial charge in [-0.2, -0.15) is 0 Å². The fourth-order valence-electron chi connectivity index (χ4n) is 3.17. The predicted molar refractivity (Wildman–Crippen MR) is 104 cm³/mol. The second kappa shape index (κ2) is 8.43. The van der Waals surface area contributed by atoms with Crippen LogP contribution in [0.1, 0.15) is 5.56 Å². The minimum atomic E-state index is -0.783. The van der Waals surface area contributed by atoms with Gasteiger partial charge in [0.2, 0.25) is 5.91 Å². The third kappa shape index (κ3) is 4.33. The number of carbonyl (C=O) groups excluding carboxylic acids is 1. The van der Waals surface area contributed by atoms with Gasteiger partial charge in [-0.25, -0.2) is 4.39 Å². The summed E-state index contributed by atoms with van der Waals surface area (Å²) in [4.78, 5) is 26.7. The molecule has 0 N–H and O–H groups in total. The molecular weight excluding hydrogens is 389 g/mol. The largest absolute Gasteiger partial charge is 0.494 e. The summed E-state index contributed by atoms with van der Waals surface area (Å²) in [7, 11) is 1.31. The zero-order valence-electron chi connectivity index (χ0n) is 15.2. The Balaban J connectivity index is 1.69. The van der Waals surface area contributed by atoms with Crippen LogP contribution in [0.3, 0.4) is 0 Å². The highest BCUT2D eigenvalue weighted by Crippen LogP contribution is 2.35. The van der Waals surface area contributed by atoms with Crippen molar-refractivity contribution >= 4 is 28.9 Å².